The summed E-state index contributed by atoms with van der Waals surface area (Å²) in [5.41, 5.74) is -1.95. The molecule has 2 aromatic carbocycles. The normalized spacial score (nSPS) is 15.0. The summed E-state index contributed by atoms with van der Waals surface area (Å²) in [6.07, 6.45) is -5.42. The summed E-state index contributed by atoms with van der Waals surface area (Å²) in [5.74, 6) is -2.81. The summed E-state index contributed by atoms with van der Waals surface area (Å²) in [7, 11) is 1.34. The molecule has 178 valence electrons. The van der Waals surface area contributed by atoms with Crippen molar-refractivity contribution in [1.29, 1.82) is 0 Å². The van der Waals surface area contributed by atoms with Crippen LogP contribution in [0.2, 0.25) is 0 Å². The van der Waals surface area contributed by atoms with Crippen molar-refractivity contribution in [1.82, 2.24) is 9.88 Å². The molecule has 3 N–H and O–H groups in total. The summed E-state index contributed by atoms with van der Waals surface area (Å²) in [6, 6.07) is 7.04. The SMILES string of the molecule is COc1cc2c3c(c1)c(O)c(C(=O)NCC(=O)O)c(=O)n3CC(c1ccc(C(F)(F)F)cc1)O2. The van der Waals surface area contributed by atoms with Gasteiger partial charge < -0.3 is 25.0 Å². The Morgan fingerprint density at radius 3 is 2.50 bits per heavy atom. The number of benzene rings is 2. The van der Waals surface area contributed by atoms with Gasteiger partial charge in [-0.15, -0.1) is 0 Å². The first kappa shape index (κ1) is 23.0. The largest absolute Gasteiger partial charge is 0.506 e. The van der Waals surface area contributed by atoms with E-state index in [0.717, 1.165) is 16.7 Å². The number of halogens is 3. The van der Waals surface area contributed by atoms with Gasteiger partial charge in [-0.2, -0.15) is 13.2 Å². The molecular weight excluding hydrogens is 461 g/mol. The number of carbonyl (C=O) groups excluding carboxylic acids is 1. The monoisotopic (exact) mass is 478 g/mol. The van der Waals surface area contributed by atoms with Crippen LogP contribution in [0.3, 0.4) is 0 Å². The van der Waals surface area contributed by atoms with Gasteiger partial charge in [0.05, 0.1) is 24.7 Å². The Morgan fingerprint density at radius 2 is 1.91 bits per heavy atom. The number of aromatic hydroxyl groups is 1. The molecule has 9 nitrogen and oxygen atoms in total. The Bertz CT molecular complexity index is 1360. The van der Waals surface area contributed by atoms with Crippen molar-refractivity contribution in [2.24, 2.45) is 0 Å². The molecule has 1 aliphatic heterocycles. The standard InChI is InChI=1S/C22H17F3N2O7/c1-33-12-6-13-18-14(7-12)34-15(10-2-4-11(5-3-10)22(23,24)25)9-27(18)21(32)17(19(13)30)20(31)26-8-16(28)29/h2-7,15,30H,8-9H2,1H3,(H,26,31)(H,28,29). The zero-order valence-electron chi connectivity index (χ0n) is 17.5. The van der Waals surface area contributed by atoms with Crippen molar-refractivity contribution < 1.29 is 42.4 Å². The lowest BCUT2D eigenvalue weighted by Gasteiger charge is -2.29. The number of hydrogen-bond donors (Lipinski definition) is 3. The number of alkyl halides is 3. The molecule has 1 amide bonds. The van der Waals surface area contributed by atoms with Gasteiger partial charge in [-0.1, -0.05) is 12.1 Å². The summed E-state index contributed by atoms with van der Waals surface area (Å²) < 4.78 is 51.1. The van der Waals surface area contributed by atoms with Crippen LogP contribution in [0.1, 0.15) is 27.6 Å². The highest BCUT2D eigenvalue weighted by atomic mass is 19.4. The number of pyridine rings is 1. The minimum Gasteiger partial charge on any atom is -0.506 e. The van der Waals surface area contributed by atoms with Crippen molar-refractivity contribution in [3.8, 4) is 17.2 Å². The maximum atomic E-state index is 13.2. The first-order chi connectivity index (χ1) is 16.0. The number of carbonyl (C=O) groups is 2. The van der Waals surface area contributed by atoms with Gasteiger partial charge in [-0.25, -0.2) is 0 Å². The molecule has 0 spiro atoms. The van der Waals surface area contributed by atoms with Crippen LogP contribution >= 0.6 is 0 Å². The average molecular weight is 478 g/mol. The minimum absolute atomic E-state index is 0.0419. The van der Waals surface area contributed by atoms with E-state index < -0.39 is 53.1 Å². The number of nitrogens with one attached hydrogen (secondary N) is 1. The minimum atomic E-state index is -4.52. The maximum absolute atomic E-state index is 13.2. The highest BCUT2D eigenvalue weighted by Crippen LogP contribution is 2.42. The van der Waals surface area contributed by atoms with Gasteiger partial charge >= 0.3 is 12.1 Å². The molecule has 0 saturated carbocycles. The molecule has 0 aliphatic carbocycles. The first-order valence-electron chi connectivity index (χ1n) is 9.82. The van der Waals surface area contributed by atoms with Gasteiger partial charge in [0.2, 0.25) is 0 Å². The second kappa shape index (κ2) is 8.28. The van der Waals surface area contributed by atoms with Crippen LogP contribution in [0.15, 0.2) is 41.2 Å². The Morgan fingerprint density at radius 1 is 1.24 bits per heavy atom. The van der Waals surface area contributed by atoms with Crippen LogP contribution in [0.4, 0.5) is 13.2 Å². The van der Waals surface area contributed by atoms with E-state index in [0.29, 0.717) is 5.56 Å². The third-order valence-corrected chi connectivity index (χ3v) is 5.36. The van der Waals surface area contributed by atoms with Gasteiger partial charge in [0.1, 0.15) is 35.5 Å². The second-order valence-corrected chi connectivity index (χ2v) is 7.46. The van der Waals surface area contributed by atoms with Crippen molar-refractivity contribution >= 4 is 22.8 Å². The third-order valence-electron chi connectivity index (χ3n) is 5.36. The molecule has 34 heavy (non-hydrogen) atoms. The van der Waals surface area contributed by atoms with E-state index in [2.05, 4.69) is 0 Å². The number of aliphatic carboxylic acids is 1. The fraction of sp³-hybridized carbons (Fsp3) is 0.227. The molecule has 0 saturated heterocycles. The predicted molar refractivity (Wildman–Crippen MR) is 111 cm³/mol. The van der Waals surface area contributed by atoms with Crippen LogP contribution in [0.5, 0.6) is 17.2 Å². The highest BCUT2D eigenvalue weighted by Gasteiger charge is 2.33. The van der Waals surface area contributed by atoms with Gasteiger partial charge in [-0.3, -0.25) is 19.0 Å². The average Bonchev–Trinajstić information content (AvgIpc) is 2.79. The van der Waals surface area contributed by atoms with Crippen molar-refractivity contribution in [3.05, 3.63) is 63.4 Å². The van der Waals surface area contributed by atoms with E-state index in [1.165, 1.54) is 31.4 Å². The van der Waals surface area contributed by atoms with E-state index >= 15 is 0 Å². The molecule has 2 heterocycles. The number of rotatable bonds is 5. The Labute approximate surface area is 188 Å². The van der Waals surface area contributed by atoms with E-state index in [-0.39, 0.29) is 28.9 Å². The fourth-order valence-corrected chi connectivity index (χ4v) is 3.76. The summed E-state index contributed by atoms with van der Waals surface area (Å²) in [4.78, 5) is 36.5. The molecule has 1 aromatic heterocycles. The molecule has 0 radical (unpaired) electrons. The molecule has 1 atom stereocenters. The van der Waals surface area contributed by atoms with E-state index in [1.54, 1.807) is 0 Å². The Kier molecular flexibility index (Phi) is 5.59. The summed E-state index contributed by atoms with van der Waals surface area (Å²) in [6.45, 7) is -0.962. The lowest BCUT2D eigenvalue weighted by molar-refractivity contribution is -0.138. The van der Waals surface area contributed by atoms with Crippen molar-refractivity contribution in [3.63, 3.8) is 0 Å². The number of hydrogen-bond acceptors (Lipinski definition) is 6. The maximum Gasteiger partial charge on any atom is 0.416 e. The number of carboxylic acid groups (broad SMARTS) is 1. The zero-order chi connectivity index (χ0) is 24.8. The number of ether oxygens (including phenoxy) is 2. The molecule has 1 unspecified atom stereocenters. The molecular formula is C22H17F3N2O7. The van der Waals surface area contributed by atoms with Crippen LogP contribution in [0, 0.1) is 0 Å². The van der Waals surface area contributed by atoms with E-state index in [9.17, 15) is 32.7 Å². The predicted octanol–water partition coefficient (Wildman–Crippen LogP) is 2.68. The van der Waals surface area contributed by atoms with Crippen molar-refractivity contribution in [2.75, 3.05) is 13.7 Å². The molecule has 0 fully saturated rings. The van der Waals surface area contributed by atoms with E-state index in [1.807, 2.05) is 5.32 Å². The number of carboxylic acids is 1. The molecule has 4 rings (SSSR count). The lowest BCUT2D eigenvalue weighted by Crippen LogP contribution is -2.38. The topological polar surface area (TPSA) is 127 Å². The van der Waals surface area contributed by atoms with Gasteiger partial charge in [0.15, 0.2) is 0 Å². The molecule has 3 aromatic rings. The Hall–Kier alpha value is -4.22. The smallest absolute Gasteiger partial charge is 0.416 e. The van der Waals surface area contributed by atoms with Gasteiger partial charge in [0, 0.05) is 11.5 Å². The number of amides is 1. The van der Waals surface area contributed by atoms with Crippen LogP contribution in [-0.2, 0) is 17.5 Å². The van der Waals surface area contributed by atoms with Crippen LogP contribution < -0.4 is 20.3 Å². The second-order valence-electron chi connectivity index (χ2n) is 7.46. The molecule has 12 heteroatoms. The van der Waals surface area contributed by atoms with Crippen LogP contribution in [0.25, 0.3) is 10.9 Å². The molecule has 1 aliphatic rings. The lowest BCUT2D eigenvalue weighted by atomic mass is 10.0. The third kappa shape index (κ3) is 3.98. The summed E-state index contributed by atoms with van der Waals surface area (Å²) >= 11 is 0. The molecule has 0 bridgehead atoms. The number of aromatic nitrogens is 1. The Balaban J connectivity index is 1.85. The van der Waals surface area contributed by atoms with Crippen molar-refractivity contribution in [2.45, 2.75) is 18.8 Å². The first-order valence-corrected chi connectivity index (χ1v) is 9.82. The van der Waals surface area contributed by atoms with E-state index in [4.69, 9.17) is 14.6 Å². The van der Waals surface area contributed by atoms with Crippen LogP contribution in [-0.4, -0.2) is 40.3 Å². The fourth-order valence-electron chi connectivity index (χ4n) is 3.76. The van der Waals surface area contributed by atoms with Gasteiger partial charge in [-0.05, 0) is 23.8 Å². The quantitative estimate of drug-likeness (QED) is 0.515. The summed E-state index contributed by atoms with van der Waals surface area (Å²) in [5, 5.41) is 21.6. The number of methoxy groups -OCH3 is 1. The highest BCUT2D eigenvalue weighted by molar-refractivity contribution is 6.04. The zero-order valence-corrected chi connectivity index (χ0v) is 17.5. The number of nitrogens with zero attached hydrogens (tertiary/aromatic N) is 1. The van der Waals surface area contributed by atoms with Gasteiger partial charge in [0.25, 0.3) is 11.5 Å².